The number of carbonyl (C=O) groups is 2. The van der Waals surface area contributed by atoms with Gasteiger partial charge >= 0.3 is 0 Å². The minimum atomic E-state index is -0.539. The molecular formula is C25H20FN3O3S. The monoisotopic (exact) mass is 461 g/mol. The molecule has 0 aliphatic rings. The Morgan fingerprint density at radius 1 is 0.939 bits per heavy atom. The number of carbonyl (C=O) groups excluding carboxylic acids is 2. The van der Waals surface area contributed by atoms with Crippen LogP contribution in [0.5, 0.6) is 5.75 Å². The molecule has 166 valence electrons. The maximum absolute atomic E-state index is 13.7. The molecule has 4 rings (SSSR count). The summed E-state index contributed by atoms with van der Waals surface area (Å²) in [6.07, 6.45) is 0. The van der Waals surface area contributed by atoms with Crippen molar-refractivity contribution in [2.45, 2.75) is 6.54 Å². The molecule has 3 aromatic carbocycles. The minimum Gasteiger partial charge on any atom is -0.483 e. The van der Waals surface area contributed by atoms with Gasteiger partial charge in [0.05, 0.1) is 23.5 Å². The molecule has 0 radical (unpaired) electrons. The van der Waals surface area contributed by atoms with Crippen LogP contribution in [0.25, 0.3) is 10.6 Å². The molecule has 1 heterocycles. The predicted molar refractivity (Wildman–Crippen MR) is 126 cm³/mol. The normalized spacial score (nSPS) is 10.5. The summed E-state index contributed by atoms with van der Waals surface area (Å²) >= 11 is 1.51. The van der Waals surface area contributed by atoms with Gasteiger partial charge in [0, 0.05) is 10.9 Å². The van der Waals surface area contributed by atoms with Crippen LogP contribution in [-0.2, 0) is 11.3 Å². The van der Waals surface area contributed by atoms with Gasteiger partial charge in [-0.2, -0.15) is 0 Å². The molecule has 0 saturated carbocycles. The highest BCUT2D eigenvalue weighted by atomic mass is 32.1. The second-order valence-corrected chi connectivity index (χ2v) is 7.86. The summed E-state index contributed by atoms with van der Waals surface area (Å²) in [6.45, 7) is -0.116. The zero-order valence-electron chi connectivity index (χ0n) is 17.5. The Kier molecular flexibility index (Phi) is 7.06. The van der Waals surface area contributed by atoms with Crippen molar-refractivity contribution in [2.24, 2.45) is 0 Å². The van der Waals surface area contributed by atoms with Crippen LogP contribution in [0.3, 0.4) is 0 Å². The molecule has 0 unspecified atom stereocenters. The summed E-state index contributed by atoms with van der Waals surface area (Å²) in [4.78, 5) is 29.4. The third kappa shape index (κ3) is 5.81. The number of halogens is 1. The first kappa shape index (κ1) is 22.2. The summed E-state index contributed by atoms with van der Waals surface area (Å²) < 4.78 is 19.2. The number of para-hydroxylation sites is 2. The van der Waals surface area contributed by atoms with Crippen LogP contribution in [0, 0.1) is 5.82 Å². The van der Waals surface area contributed by atoms with Gasteiger partial charge in [-0.3, -0.25) is 9.59 Å². The van der Waals surface area contributed by atoms with Crippen molar-refractivity contribution in [1.82, 2.24) is 10.3 Å². The van der Waals surface area contributed by atoms with E-state index in [9.17, 15) is 14.0 Å². The number of ether oxygens (including phenoxy) is 1. The smallest absolute Gasteiger partial charge is 0.262 e. The number of aromatic nitrogens is 1. The third-order valence-electron chi connectivity index (χ3n) is 4.64. The molecule has 2 N–H and O–H groups in total. The average Bonchev–Trinajstić information content (AvgIpc) is 3.33. The molecule has 0 aliphatic carbocycles. The van der Waals surface area contributed by atoms with Crippen LogP contribution in [-0.4, -0.2) is 23.4 Å². The van der Waals surface area contributed by atoms with Gasteiger partial charge in [0.1, 0.15) is 16.6 Å². The third-order valence-corrected chi connectivity index (χ3v) is 5.58. The molecule has 0 saturated heterocycles. The summed E-state index contributed by atoms with van der Waals surface area (Å²) in [5.41, 5.74) is 2.12. The van der Waals surface area contributed by atoms with E-state index in [-0.39, 0.29) is 36.1 Å². The number of hydrogen-bond acceptors (Lipinski definition) is 5. The lowest BCUT2D eigenvalue weighted by Gasteiger charge is -2.12. The summed E-state index contributed by atoms with van der Waals surface area (Å²) in [7, 11) is 0. The first-order valence-electron chi connectivity index (χ1n) is 10.1. The molecule has 0 spiro atoms. The van der Waals surface area contributed by atoms with E-state index in [1.807, 2.05) is 35.7 Å². The Morgan fingerprint density at radius 2 is 1.67 bits per heavy atom. The van der Waals surface area contributed by atoms with Crippen LogP contribution < -0.4 is 15.4 Å². The van der Waals surface area contributed by atoms with Gasteiger partial charge in [0.15, 0.2) is 6.61 Å². The van der Waals surface area contributed by atoms with Crippen molar-refractivity contribution < 1.29 is 18.7 Å². The van der Waals surface area contributed by atoms with E-state index in [2.05, 4.69) is 15.6 Å². The number of nitrogens with one attached hydrogen (secondary N) is 2. The quantitative estimate of drug-likeness (QED) is 0.391. The van der Waals surface area contributed by atoms with Gasteiger partial charge < -0.3 is 15.4 Å². The van der Waals surface area contributed by atoms with Crippen molar-refractivity contribution >= 4 is 28.8 Å². The summed E-state index contributed by atoms with van der Waals surface area (Å²) in [6, 6.07) is 22.3. The number of amides is 2. The zero-order valence-corrected chi connectivity index (χ0v) is 18.3. The van der Waals surface area contributed by atoms with E-state index in [0.717, 1.165) is 16.3 Å². The van der Waals surface area contributed by atoms with Crippen LogP contribution in [0.4, 0.5) is 10.1 Å². The fourth-order valence-electron chi connectivity index (χ4n) is 3.04. The highest BCUT2D eigenvalue weighted by Crippen LogP contribution is 2.23. The van der Waals surface area contributed by atoms with Gasteiger partial charge in [0.2, 0.25) is 0 Å². The first-order valence-corrected chi connectivity index (χ1v) is 11.0. The number of thiazole rings is 1. The van der Waals surface area contributed by atoms with E-state index in [1.54, 1.807) is 30.3 Å². The molecule has 33 heavy (non-hydrogen) atoms. The molecule has 8 heteroatoms. The first-order chi connectivity index (χ1) is 16.1. The van der Waals surface area contributed by atoms with Crippen molar-refractivity contribution in [3.05, 3.63) is 101 Å². The zero-order chi connectivity index (χ0) is 23.0. The highest BCUT2D eigenvalue weighted by molar-refractivity contribution is 7.13. The van der Waals surface area contributed by atoms with Crippen molar-refractivity contribution in [2.75, 3.05) is 11.9 Å². The van der Waals surface area contributed by atoms with Crippen LogP contribution in [0.1, 0.15) is 16.1 Å². The Bertz CT molecular complexity index is 1260. The topological polar surface area (TPSA) is 80.3 Å². The fourth-order valence-corrected chi connectivity index (χ4v) is 3.87. The molecule has 0 bridgehead atoms. The lowest BCUT2D eigenvalue weighted by molar-refractivity contribution is -0.118. The van der Waals surface area contributed by atoms with Crippen LogP contribution in [0.15, 0.2) is 84.2 Å². The second kappa shape index (κ2) is 10.5. The molecule has 2 amide bonds. The van der Waals surface area contributed by atoms with Gasteiger partial charge in [-0.15, -0.1) is 11.3 Å². The minimum absolute atomic E-state index is 0.0651. The van der Waals surface area contributed by atoms with Crippen molar-refractivity contribution in [3.8, 4) is 16.3 Å². The Balaban J connectivity index is 1.35. The lowest BCUT2D eigenvalue weighted by Crippen LogP contribution is -2.25. The number of nitrogens with zero attached hydrogens (tertiary/aromatic N) is 1. The fraction of sp³-hybridized carbons (Fsp3) is 0.0800. The summed E-state index contributed by atoms with van der Waals surface area (Å²) in [5, 5.41) is 8.06. The maximum atomic E-state index is 13.7. The highest BCUT2D eigenvalue weighted by Gasteiger charge is 2.15. The predicted octanol–water partition coefficient (Wildman–Crippen LogP) is 4.90. The average molecular weight is 462 g/mol. The molecule has 0 atom stereocenters. The van der Waals surface area contributed by atoms with Crippen LogP contribution in [0.2, 0.25) is 0 Å². The van der Waals surface area contributed by atoms with Gasteiger partial charge in [-0.05, 0) is 24.3 Å². The van der Waals surface area contributed by atoms with Crippen molar-refractivity contribution in [3.63, 3.8) is 0 Å². The Morgan fingerprint density at radius 3 is 2.48 bits per heavy atom. The molecule has 1 aromatic heterocycles. The van der Waals surface area contributed by atoms with E-state index in [1.165, 1.54) is 29.5 Å². The van der Waals surface area contributed by atoms with E-state index < -0.39 is 11.7 Å². The molecular weight excluding hydrogens is 441 g/mol. The van der Waals surface area contributed by atoms with Crippen molar-refractivity contribution in [1.29, 1.82) is 0 Å². The molecule has 0 aliphatic heterocycles. The number of benzene rings is 3. The standard InChI is InChI=1S/C25H20FN3O3S/c26-20-11-5-6-12-21(20)29-23(30)15-32-22-13-7-4-10-19(22)24(31)27-14-18-16-33-25(28-18)17-8-2-1-3-9-17/h1-13,16H,14-15H2,(H,27,31)(H,29,30). The Hall–Kier alpha value is -4.04. The Labute approximate surface area is 194 Å². The molecule has 6 nitrogen and oxygen atoms in total. The number of anilines is 1. The second-order valence-electron chi connectivity index (χ2n) is 7.01. The summed E-state index contributed by atoms with van der Waals surface area (Å²) in [5.74, 6) is -1.18. The largest absolute Gasteiger partial charge is 0.483 e. The molecule has 4 aromatic rings. The van der Waals surface area contributed by atoms with Gasteiger partial charge in [-0.25, -0.2) is 9.37 Å². The van der Waals surface area contributed by atoms with Gasteiger partial charge in [-0.1, -0.05) is 54.6 Å². The van der Waals surface area contributed by atoms with E-state index >= 15 is 0 Å². The SMILES string of the molecule is O=C(COc1ccccc1C(=O)NCc1csc(-c2ccccc2)n1)Nc1ccccc1F. The van der Waals surface area contributed by atoms with Gasteiger partial charge in [0.25, 0.3) is 11.8 Å². The van der Waals surface area contributed by atoms with E-state index in [0.29, 0.717) is 0 Å². The number of hydrogen-bond donors (Lipinski definition) is 2. The number of rotatable bonds is 8. The maximum Gasteiger partial charge on any atom is 0.262 e. The van der Waals surface area contributed by atoms with E-state index in [4.69, 9.17) is 4.74 Å². The lowest BCUT2D eigenvalue weighted by atomic mass is 10.2. The molecule has 0 fully saturated rings. The van der Waals surface area contributed by atoms with Crippen LogP contribution >= 0.6 is 11.3 Å².